The highest BCUT2D eigenvalue weighted by atomic mass is 16.5. The molecule has 1 saturated heterocycles. The maximum absolute atomic E-state index is 5.90. The molecular weight excluding hydrogens is 222 g/mol. The fourth-order valence-corrected chi connectivity index (χ4v) is 1.94. The monoisotopic (exact) mass is 235 g/mol. The fourth-order valence-electron chi connectivity index (χ4n) is 1.94. The Morgan fingerprint density at radius 1 is 1.41 bits per heavy atom. The van der Waals surface area contributed by atoms with Crippen molar-refractivity contribution in [1.82, 2.24) is 10.1 Å². The van der Waals surface area contributed by atoms with Gasteiger partial charge >= 0.3 is 0 Å². The van der Waals surface area contributed by atoms with Crippen molar-refractivity contribution in [1.29, 1.82) is 0 Å². The molecule has 1 fully saturated rings. The zero-order valence-electron chi connectivity index (χ0n) is 9.42. The molecule has 2 aromatic rings. The van der Waals surface area contributed by atoms with Gasteiger partial charge in [0.1, 0.15) is 5.76 Å². The first-order valence-corrected chi connectivity index (χ1v) is 5.47. The summed E-state index contributed by atoms with van der Waals surface area (Å²) in [5.74, 6) is 1.82. The van der Waals surface area contributed by atoms with Gasteiger partial charge in [-0.25, -0.2) is 0 Å². The highest BCUT2D eigenvalue weighted by Gasteiger charge is 2.31. The highest BCUT2D eigenvalue weighted by Crippen LogP contribution is 2.27. The van der Waals surface area contributed by atoms with Gasteiger partial charge in [0, 0.05) is 6.04 Å². The SMILES string of the molecule is Cc1occc1-c1noc(C2COCC2N)n1. The van der Waals surface area contributed by atoms with E-state index in [2.05, 4.69) is 10.1 Å². The Hall–Kier alpha value is -1.66. The average molecular weight is 235 g/mol. The number of hydrogen-bond acceptors (Lipinski definition) is 6. The number of ether oxygens (including phenoxy) is 1. The second kappa shape index (κ2) is 3.97. The van der Waals surface area contributed by atoms with Crippen LogP contribution in [0.2, 0.25) is 0 Å². The Bertz CT molecular complexity index is 520. The molecule has 2 N–H and O–H groups in total. The maximum Gasteiger partial charge on any atom is 0.234 e. The predicted molar refractivity (Wildman–Crippen MR) is 58.3 cm³/mol. The number of hydrogen-bond donors (Lipinski definition) is 1. The molecule has 1 aliphatic rings. The quantitative estimate of drug-likeness (QED) is 0.838. The van der Waals surface area contributed by atoms with E-state index >= 15 is 0 Å². The maximum atomic E-state index is 5.90. The number of nitrogens with two attached hydrogens (primary N) is 1. The van der Waals surface area contributed by atoms with Crippen LogP contribution in [0.25, 0.3) is 11.4 Å². The van der Waals surface area contributed by atoms with Gasteiger partial charge in [-0.3, -0.25) is 0 Å². The summed E-state index contributed by atoms with van der Waals surface area (Å²) in [6.07, 6.45) is 1.60. The van der Waals surface area contributed by atoms with Crippen LogP contribution in [0.4, 0.5) is 0 Å². The van der Waals surface area contributed by atoms with Gasteiger partial charge in [0.25, 0.3) is 0 Å². The molecule has 0 saturated carbocycles. The van der Waals surface area contributed by atoms with Gasteiger partial charge < -0.3 is 19.4 Å². The number of aryl methyl sites for hydroxylation is 1. The average Bonchev–Trinajstić information content (AvgIpc) is 2.97. The molecule has 0 spiro atoms. The van der Waals surface area contributed by atoms with Crippen molar-refractivity contribution in [2.45, 2.75) is 18.9 Å². The minimum absolute atomic E-state index is 0.0107. The van der Waals surface area contributed by atoms with E-state index in [-0.39, 0.29) is 12.0 Å². The van der Waals surface area contributed by atoms with E-state index in [4.69, 9.17) is 19.4 Å². The Balaban J connectivity index is 1.90. The van der Waals surface area contributed by atoms with E-state index < -0.39 is 0 Å². The lowest BCUT2D eigenvalue weighted by Crippen LogP contribution is -2.26. The van der Waals surface area contributed by atoms with E-state index in [1.165, 1.54) is 0 Å². The zero-order valence-corrected chi connectivity index (χ0v) is 9.42. The largest absolute Gasteiger partial charge is 0.469 e. The molecule has 3 heterocycles. The van der Waals surface area contributed by atoms with Gasteiger partial charge in [-0.15, -0.1) is 0 Å². The molecule has 2 unspecified atom stereocenters. The summed E-state index contributed by atoms with van der Waals surface area (Å²) in [4.78, 5) is 4.35. The molecule has 2 aromatic heterocycles. The molecule has 2 atom stereocenters. The molecule has 0 amide bonds. The first-order chi connectivity index (χ1) is 8.25. The highest BCUT2D eigenvalue weighted by molar-refractivity contribution is 5.56. The zero-order chi connectivity index (χ0) is 11.8. The number of furan rings is 1. The first-order valence-electron chi connectivity index (χ1n) is 5.47. The third-order valence-corrected chi connectivity index (χ3v) is 2.98. The van der Waals surface area contributed by atoms with Crippen molar-refractivity contribution in [2.75, 3.05) is 13.2 Å². The minimum atomic E-state index is -0.0752. The molecule has 6 heteroatoms. The Kier molecular flexibility index (Phi) is 2.45. The number of rotatable bonds is 2. The van der Waals surface area contributed by atoms with E-state index in [1.54, 1.807) is 6.26 Å². The van der Waals surface area contributed by atoms with Gasteiger partial charge in [-0.05, 0) is 13.0 Å². The van der Waals surface area contributed by atoms with Crippen LogP contribution in [0.3, 0.4) is 0 Å². The van der Waals surface area contributed by atoms with Crippen LogP contribution >= 0.6 is 0 Å². The molecule has 90 valence electrons. The standard InChI is InChI=1S/C11H13N3O3/c1-6-7(2-3-16-6)10-13-11(17-14-10)8-4-15-5-9(8)12/h2-3,8-9H,4-5,12H2,1H3. The third kappa shape index (κ3) is 1.75. The summed E-state index contributed by atoms with van der Waals surface area (Å²) in [6.45, 7) is 2.93. The summed E-state index contributed by atoms with van der Waals surface area (Å²) in [5.41, 5.74) is 6.74. The molecule has 0 aromatic carbocycles. The summed E-state index contributed by atoms with van der Waals surface area (Å²) < 4.78 is 15.7. The Labute approximate surface area is 97.7 Å². The molecule has 0 aliphatic carbocycles. The number of nitrogens with zero attached hydrogens (tertiary/aromatic N) is 2. The smallest absolute Gasteiger partial charge is 0.234 e. The number of aromatic nitrogens is 2. The van der Waals surface area contributed by atoms with Crippen LogP contribution in [0, 0.1) is 6.92 Å². The summed E-state index contributed by atoms with van der Waals surface area (Å²) in [7, 11) is 0. The predicted octanol–water partition coefficient (Wildman–Crippen LogP) is 1.08. The molecule has 6 nitrogen and oxygen atoms in total. The fraction of sp³-hybridized carbons (Fsp3) is 0.455. The van der Waals surface area contributed by atoms with Crippen LogP contribution in [0.5, 0.6) is 0 Å². The van der Waals surface area contributed by atoms with Crippen LogP contribution in [-0.2, 0) is 4.74 Å². The lowest BCUT2D eigenvalue weighted by atomic mass is 10.1. The van der Waals surface area contributed by atoms with Crippen molar-refractivity contribution < 1.29 is 13.7 Å². The Morgan fingerprint density at radius 2 is 2.29 bits per heavy atom. The van der Waals surface area contributed by atoms with Crippen molar-refractivity contribution in [2.24, 2.45) is 5.73 Å². The lowest BCUT2D eigenvalue weighted by Gasteiger charge is -2.05. The third-order valence-electron chi connectivity index (χ3n) is 2.98. The summed E-state index contributed by atoms with van der Waals surface area (Å²) in [5, 5.41) is 3.94. The van der Waals surface area contributed by atoms with Gasteiger partial charge in [0.05, 0.1) is 31.0 Å². The van der Waals surface area contributed by atoms with Crippen LogP contribution in [0.1, 0.15) is 17.6 Å². The van der Waals surface area contributed by atoms with Crippen LogP contribution in [0.15, 0.2) is 21.3 Å². The van der Waals surface area contributed by atoms with Gasteiger partial charge in [-0.2, -0.15) is 4.98 Å². The molecule has 0 radical (unpaired) electrons. The molecule has 0 bridgehead atoms. The minimum Gasteiger partial charge on any atom is -0.469 e. The topological polar surface area (TPSA) is 87.3 Å². The summed E-state index contributed by atoms with van der Waals surface area (Å²) in [6, 6.07) is 1.74. The lowest BCUT2D eigenvalue weighted by molar-refractivity contribution is 0.187. The van der Waals surface area contributed by atoms with Gasteiger partial charge in [-0.1, -0.05) is 5.16 Å². The molecular formula is C11H13N3O3. The second-order valence-electron chi connectivity index (χ2n) is 4.15. The molecule has 3 rings (SSSR count). The van der Waals surface area contributed by atoms with Gasteiger partial charge in [0.15, 0.2) is 0 Å². The van der Waals surface area contributed by atoms with Crippen LogP contribution in [-0.4, -0.2) is 29.4 Å². The van der Waals surface area contributed by atoms with Crippen molar-refractivity contribution in [3.8, 4) is 11.4 Å². The second-order valence-corrected chi connectivity index (χ2v) is 4.15. The van der Waals surface area contributed by atoms with Gasteiger partial charge in [0.2, 0.25) is 11.7 Å². The summed E-state index contributed by atoms with van der Waals surface area (Å²) >= 11 is 0. The van der Waals surface area contributed by atoms with Crippen molar-refractivity contribution >= 4 is 0 Å². The Morgan fingerprint density at radius 3 is 2.94 bits per heavy atom. The van der Waals surface area contributed by atoms with E-state index in [1.807, 2.05) is 13.0 Å². The van der Waals surface area contributed by atoms with E-state index in [9.17, 15) is 0 Å². The first kappa shape index (κ1) is 10.5. The molecule has 1 aliphatic heterocycles. The van der Waals surface area contributed by atoms with E-state index in [0.29, 0.717) is 24.9 Å². The van der Waals surface area contributed by atoms with E-state index in [0.717, 1.165) is 11.3 Å². The van der Waals surface area contributed by atoms with Crippen molar-refractivity contribution in [3.05, 3.63) is 24.0 Å². The normalized spacial score (nSPS) is 24.4. The van der Waals surface area contributed by atoms with Crippen molar-refractivity contribution in [3.63, 3.8) is 0 Å². The molecule has 17 heavy (non-hydrogen) atoms. The van der Waals surface area contributed by atoms with Crippen LogP contribution < -0.4 is 5.73 Å².